The fourth-order valence-electron chi connectivity index (χ4n) is 6.31. The lowest BCUT2D eigenvalue weighted by Crippen LogP contribution is -2.67. The molecule has 9 heteroatoms. The largest absolute Gasteiger partial charge is 0.408 e. The van der Waals surface area contributed by atoms with Gasteiger partial charge in [0.1, 0.15) is 0 Å². The number of ketones is 1. The Balaban J connectivity index is 1.75. The third kappa shape index (κ3) is 7.21. The Bertz CT molecular complexity index is 1770. The Labute approximate surface area is 287 Å². The normalized spacial score (nSPS) is 16.2. The molecule has 0 radical (unpaired) electrons. The van der Waals surface area contributed by atoms with Gasteiger partial charge in [0.15, 0.2) is 5.78 Å². The number of benzene rings is 4. The number of amides is 2. The highest BCUT2D eigenvalue weighted by Gasteiger charge is 2.55. The molecule has 1 aliphatic rings. The van der Waals surface area contributed by atoms with Gasteiger partial charge < -0.3 is 15.2 Å². The van der Waals surface area contributed by atoms with Gasteiger partial charge in [-0.25, -0.2) is 0 Å². The lowest BCUT2D eigenvalue weighted by Gasteiger charge is -2.50. The first-order valence-corrected chi connectivity index (χ1v) is 18.2. The number of nitrogens with one attached hydrogen (secondary N) is 1. The van der Waals surface area contributed by atoms with Crippen molar-refractivity contribution in [3.8, 4) is 0 Å². The van der Waals surface area contributed by atoms with E-state index in [1.807, 2.05) is 97.9 Å². The van der Waals surface area contributed by atoms with Crippen LogP contribution in [0, 0.1) is 5.92 Å². The third-order valence-electron chi connectivity index (χ3n) is 8.60. The summed E-state index contributed by atoms with van der Waals surface area (Å²) in [5, 5.41) is 16.2. The predicted molar refractivity (Wildman–Crippen MR) is 195 cm³/mol. The second-order valence-corrected chi connectivity index (χ2v) is 15.2. The quantitative estimate of drug-likeness (QED) is 0.0652. The molecule has 252 valence electrons. The number of Topliss-reactive ketones (excluding diaryl/α,β-unsaturated/α-hetero) is 1. The average Bonchev–Trinajstić information content (AvgIpc) is 3.12. The number of carbonyl (C=O) groups is 4. The van der Waals surface area contributed by atoms with Crippen LogP contribution in [0.4, 0.5) is 0 Å². The summed E-state index contributed by atoms with van der Waals surface area (Å²) in [6.07, 6.45) is 0.833. The van der Waals surface area contributed by atoms with Crippen LogP contribution in [0.1, 0.15) is 53.8 Å². The van der Waals surface area contributed by atoms with Gasteiger partial charge in [-0.05, 0) is 41.4 Å². The van der Waals surface area contributed by atoms with Crippen molar-refractivity contribution in [1.82, 2.24) is 10.2 Å². The molecule has 8 nitrogen and oxygen atoms in total. The minimum atomic E-state index is -3.14. The van der Waals surface area contributed by atoms with E-state index >= 15 is 0 Å². The maximum Gasteiger partial charge on any atom is 0.316 e. The number of hydrogen-bond donors (Lipinski definition) is 2. The monoisotopic (exact) mass is 676 g/mol. The minimum absolute atomic E-state index is 0.111. The van der Waals surface area contributed by atoms with Crippen molar-refractivity contribution in [2.24, 2.45) is 5.92 Å². The topological polar surface area (TPSA) is 113 Å². The van der Waals surface area contributed by atoms with Crippen molar-refractivity contribution in [2.75, 3.05) is 6.54 Å². The van der Waals surface area contributed by atoms with E-state index in [1.54, 1.807) is 24.3 Å². The molecule has 0 aliphatic carbocycles. The Kier molecular flexibility index (Phi) is 11.4. The zero-order valence-electron chi connectivity index (χ0n) is 27.7. The van der Waals surface area contributed by atoms with Crippen LogP contribution in [0.25, 0.3) is 0 Å². The number of β-lactam (4-membered cyclic amide) rings is 1. The van der Waals surface area contributed by atoms with Crippen LogP contribution in [-0.2, 0) is 14.3 Å². The molecule has 0 bridgehead atoms. The number of esters is 1. The summed E-state index contributed by atoms with van der Waals surface area (Å²) < 4.78 is 6.34. The molecular weight excluding hydrogens is 635 g/mol. The van der Waals surface area contributed by atoms with Gasteiger partial charge in [0, 0.05) is 31.0 Å². The first-order chi connectivity index (χ1) is 23.7. The molecule has 1 aliphatic heterocycles. The molecule has 1 saturated heterocycles. The number of aliphatic hydroxyl groups excluding tert-OH is 1. The van der Waals surface area contributed by atoms with Crippen molar-refractivity contribution >= 4 is 52.0 Å². The Morgan fingerprint density at radius 1 is 0.878 bits per heavy atom. The Hall–Kier alpha value is -5.04. The highest BCUT2D eigenvalue weighted by molar-refractivity contribution is 7.95. The van der Waals surface area contributed by atoms with Crippen molar-refractivity contribution in [3.05, 3.63) is 139 Å². The van der Waals surface area contributed by atoms with Crippen LogP contribution in [0.5, 0.6) is 0 Å². The average molecular weight is 677 g/mol. The summed E-state index contributed by atoms with van der Waals surface area (Å²) in [5.41, 5.74) is 0.768. The summed E-state index contributed by atoms with van der Waals surface area (Å²) in [6.45, 7) is 4.55. The molecule has 0 saturated carbocycles. The summed E-state index contributed by atoms with van der Waals surface area (Å²) in [6, 6.07) is 34.5. The fraction of sp³-hybridized carbons (Fsp3) is 0.225. The van der Waals surface area contributed by atoms with Gasteiger partial charge in [-0.2, -0.15) is 0 Å². The van der Waals surface area contributed by atoms with Crippen LogP contribution in [0.2, 0.25) is 0 Å². The number of likely N-dealkylation sites (tertiary alicyclic amines) is 1. The highest BCUT2D eigenvalue weighted by Crippen LogP contribution is 2.50. The summed E-state index contributed by atoms with van der Waals surface area (Å²) >= 11 is 0. The molecule has 4 aromatic rings. The molecule has 1 heterocycles. The van der Waals surface area contributed by atoms with E-state index in [1.165, 1.54) is 17.9 Å². The van der Waals surface area contributed by atoms with E-state index < -0.39 is 36.8 Å². The van der Waals surface area contributed by atoms with Crippen LogP contribution < -0.4 is 21.2 Å². The van der Waals surface area contributed by atoms with Crippen LogP contribution in [0.15, 0.2) is 128 Å². The lowest BCUT2D eigenvalue weighted by atomic mass is 9.80. The number of rotatable bonds is 14. The smallest absolute Gasteiger partial charge is 0.316 e. The van der Waals surface area contributed by atoms with Crippen LogP contribution >= 0.6 is 6.89 Å². The predicted octanol–water partition coefficient (Wildman–Crippen LogP) is 4.81. The first-order valence-electron chi connectivity index (χ1n) is 16.4. The number of aliphatic hydroxyl groups is 1. The fourth-order valence-corrected chi connectivity index (χ4v) is 10.5. The zero-order valence-corrected chi connectivity index (χ0v) is 28.6. The van der Waals surface area contributed by atoms with Gasteiger partial charge in [-0.15, -0.1) is 6.58 Å². The lowest BCUT2D eigenvalue weighted by molar-refractivity contribution is -0.157. The highest BCUT2D eigenvalue weighted by atomic mass is 31.2. The Morgan fingerprint density at radius 2 is 1.41 bits per heavy atom. The molecule has 2 amide bonds. The first kappa shape index (κ1) is 35.3. The van der Waals surface area contributed by atoms with E-state index in [-0.39, 0.29) is 30.1 Å². The molecule has 1 fully saturated rings. The standard InChI is InChI=1S/C40H41N2O6P/c1-4-16-36(45)48-40(49(31-19-9-6-10-20-31,32-21-11-7-12-22-32)33-23-13-8-14-24-33)42-34(37(28(3)43)39(42)47)27-35(44)29-17-15-18-30(26-29)38(46)41-25-5-2/h4,6-15,17-24,26,28,34,37,43H,1,5,16,25,27H2,2-3H3,(H,41,46). The van der Waals surface area contributed by atoms with Gasteiger partial charge in [0.25, 0.3) is 5.91 Å². The minimum Gasteiger partial charge on any atom is -0.408 e. The Morgan fingerprint density at radius 3 is 1.90 bits per heavy atom. The van der Waals surface area contributed by atoms with E-state index in [0.29, 0.717) is 17.7 Å². The van der Waals surface area contributed by atoms with Gasteiger partial charge in [-0.1, -0.05) is 116 Å². The van der Waals surface area contributed by atoms with Gasteiger partial charge in [0.05, 0.1) is 24.5 Å². The third-order valence-corrected chi connectivity index (χ3v) is 12.7. The number of ether oxygens (including phenoxy) is 1. The SMILES string of the molecule is C=CCC(=O)OC(N1C(=O)C(C(C)O)C1CC(=O)c1cccc(C(=O)NCCC)c1)=P(c1ccccc1)(c1ccccc1)c1ccccc1. The van der Waals surface area contributed by atoms with E-state index in [4.69, 9.17) is 4.74 Å². The number of hydrogen-bond acceptors (Lipinski definition) is 6. The van der Waals surface area contributed by atoms with Crippen LogP contribution in [-0.4, -0.2) is 57.9 Å². The molecular formula is C40H41N2O6P. The van der Waals surface area contributed by atoms with Crippen molar-refractivity contribution in [3.63, 3.8) is 0 Å². The number of nitrogens with zero attached hydrogens (tertiary/aromatic N) is 1. The van der Waals surface area contributed by atoms with Gasteiger partial charge in [-0.3, -0.25) is 24.1 Å². The zero-order chi connectivity index (χ0) is 35.0. The second-order valence-electron chi connectivity index (χ2n) is 11.9. The number of carbonyl (C=O) groups excluding carboxylic acids is 4. The van der Waals surface area contributed by atoms with Crippen molar-refractivity contribution in [1.29, 1.82) is 0 Å². The van der Waals surface area contributed by atoms with E-state index in [0.717, 1.165) is 22.3 Å². The van der Waals surface area contributed by atoms with Gasteiger partial charge in [0.2, 0.25) is 11.5 Å². The van der Waals surface area contributed by atoms with Gasteiger partial charge >= 0.3 is 5.97 Å². The molecule has 3 atom stereocenters. The van der Waals surface area contributed by atoms with E-state index in [9.17, 15) is 24.3 Å². The molecule has 5 rings (SSSR count). The maximum absolute atomic E-state index is 14.3. The molecule has 0 aromatic heterocycles. The summed E-state index contributed by atoms with van der Waals surface area (Å²) in [4.78, 5) is 55.9. The van der Waals surface area contributed by atoms with E-state index in [2.05, 4.69) is 11.9 Å². The molecule has 0 spiro atoms. The van der Waals surface area contributed by atoms with Crippen molar-refractivity contribution < 1.29 is 29.0 Å². The molecule has 49 heavy (non-hydrogen) atoms. The molecule has 2 N–H and O–H groups in total. The summed E-state index contributed by atoms with van der Waals surface area (Å²) in [5.74, 6) is -2.60. The maximum atomic E-state index is 14.3. The second kappa shape index (κ2) is 15.9. The van der Waals surface area contributed by atoms with Crippen LogP contribution in [0.3, 0.4) is 0 Å². The molecule has 4 aromatic carbocycles. The van der Waals surface area contributed by atoms with Crippen molar-refractivity contribution in [2.45, 2.75) is 45.3 Å². The summed E-state index contributed by atoms with van der Waals surface area (Å²) in [7, 11) is 0. The molecule has 3 unspecified atom stereocenters.